The molecule has 0 aliphatic carbocycles. The molecule has 0 aromatic heterocycles. The molecule has 0 amide bonds. The van der Waals surface area contributed by atoms with Gasteiger partial charge in [0.15, 0.2) is 0 Å². The number of para-hydroxylation sites is 1. The summed E-state index contributed by atoms with van der Waals surface area (Å²) in [6, 6.07) is 9.14. The third kappa shape index (κ3) is 2.61. The Kier molecular flexibility index (Phi) is 3.29. The zero-order valence-electron chi connectivity index (χ0n) is 10.1. The summed E-state index contributed by atoms with van der Waals surface area (Å²) in [6.07, 6.45) is 2.36. The normalized spacial score (nSPS) is 26.8. The van der Waals surface area contributed by atoms with Gasteiger partial charge < -0.3 is 15.4 Å². The molecule has 1 saturated heterocycles. The highest BCUT2D eigenvalue weighted by molar-refractivity contribution is 5.56. The first-order valence-corrected chi connectivity index (χ1v) is 6.55. The molecule has 1 aromatic rings. The van der Waals surface area contributed by atoms with Gasteiger partial charge in [0.2, 0.25) is 0 Å². The Bertz CT molecular complexity index is 349. The lowest BCUT2D eigenvalue weighted by Crippen LogP contribution is -2.34. The van der Waals surface area contributed by atoms with Gasteiger partial charge in [0.1, 0.15) is 0 Å². The SMILES string of the molecule is c1ccc2c(c1)CC(CNCC1CCOC1)N2. The second-order valence-electron chi connectivity index (χ2n) is 5.09. The first-order valence-electron chi connectivity index (χ1n) is 6.55. The van der Waals surface area contributed by atoms with Crippen molar-refractivity contribution < 1.29 is 4.74 Å². The lowest BCUT2D eigenvalue weighted by molar-refractivity contribution is 0.185. The van der Waals surface area contributed by atoms with Crippen LogP contribution in [0.5, 0.6) is 0 Å². The van der Waals surface area contributed by atoms with Gasteiger partial charge >= 0.3 is 0 Å². The predicted molar refractivity (Wildman–Crippen MR) is 69.4 cm³/mol. The van der Waals surface area contributed by atoms with Crippen LogP contribution in [0.25, 0.3) is 0 Å². The van der Waals surface area contributed by atoms with Gasteiger partial charge in [0, 0.05) is 31.4 Å². The highest BCUT2D eigenvalue weighted by atomic mass is 16.5. The monoisotopic (exact) mass is 232 g/mol. The van der Waals surface area contributed by atoms with Crippen molar-refractivity contribution >= 4 is 5.69 Å². The molecule has 2 heterocycles. The highest BCUT2D eigenvalue weighted by Gasteiger charge is 2.20. The van der Waals surface area contributed by atoms with Crippen molar-refractivity contribution in [2.45, 2.75) is 18.9 Å². The van der Waals surface area contributed by atoms with Crippen molar-refractivity contribution in [1.82, 2.24) is 5.32 Å². The number of nitrogens with one attached hydrogen (secondary N) is 2. The van der Waals surface area contributed by atoms with Crippen LogP contribution >= 0.6 is 0 Å². The molecule has 3 nitrogen and oxygen atoms in total. The van der Waals surface area contributed by atoms with Gasteiger partial charge in [0.25, 0.3) is 0 Å². The van der Waals surface area contributed by atoms with Crippen molar-refractivity contribution in [3.63, 3.8) is 0 Å². The molecular weight excluding hydrogens is 212 g/mol. The molecule has 2 N–H and O–H groups in total. The van der Waals surface area contributed by atoms with E-state index in [-0.39, 0.29) is 0 Å². The maximum absolute atomic E-state index is 5.37. The molecule has 0 bridgehead atoms. The first kappa shape index (κ1) is 11.1. The molecule has 17 heavy (non-hydrogen) atoms. The molecule has 3 heteroatoms. The van der Waals surface area contributed by atoms with E-state index in [1.54, 1.807) is 0 Å². The Labute approximate surface area is 103 Å². The van der Waals surface area contributed by atoms with E-state index in [1.807, 2.05) is 0 Å². The number of rotatable bonds is 4. The van der Waals surface area contributed by atoms with Crippen molar-refractivity contribution in [3.8, 4) is 0 Å². The highest BCUT2D eigenvalue weighted by Crippen LogP contribution is 2.24. The molecule has 0 saturated carbocycles. The van der Waals surface area contributed by atoms with Crippen LogP contribution in [-0.4, -0.2) is 32.3 Å². The minimum Gasteiger partial charge on any atom is -0.381 e. The number of fused-ring (bicyclic) bond motifs is 1. The molecular formula is C14H20N2O. The third-order valence-corrected chi connectivity index (χ3v) is 3.69. The van der Waals surface area contributed by atoms with Crippen LogP contribution in [0, 0.1) is 5.92 Å². The summed E-state index contributed by atoms with van der Waals surface area (Å²) in [5, 5.41) is 7.13. The Morgan fingerprint density at radius 3 is 3.06 bits per heavy atom. The minimum atomic E-state index is 0.551. The van der Waals surface area contributed by atoms with Gasteiger partial charge in [-0.2, -0.15) is 0 Å². The van der Waals surface area contributed by atoms with E-state index in [4.69, 9.17) is 4.74 Å². The van der Waals surface area contributed by atoms with Crippen LogP contribution in [0.2, 0.25) is 0 Å². The second-order valence-corrected chi connectivity index (χ2v) is 5.09. The van der Waals surface area contributed by atoms with Gasteiger partial charge in [-0.25, -0.2) is 0 Å². The van der Waals surface area contributed by atoms with E-state index in [0.717, 1.165) is 38.6 Å². The molecule has 2 unspecified atom stereocenters. The van der Waals surface area contributed by atoms with Crippen molar-refractivity contribution in [2.75, 3.05) is 31.6 Å². The van der Waals surface area contributed by atoms with E-state index in [1.165, 1.54) is 17.7 Å². The molecule has 0 radical (unpaired) electrons. The number of hydrogen-bond acceptors (Lipinski definition) is 3. The summed E-state index contributed by atoms with van der Waals surface area (Å²) in [5.41, 5.74) is 2.76. The summed E-state index contributed by atoms with van der Waals surface area (Å²) in [5.74, 6) is 0.721. The Morgan fingerprint density at radius 2 is 2.24 bits per heavy atom. The number of benzene rings is 1. The molecule has 2 aliphatic heterocycles. The number of ether oxygens (including phenoxy) is 1. The molecule has 3 rings (SSSR count). The quantitative estimate of drug-likeness (QED) is 0.828. The molecule has 2 aliphatic rings. The average molecular weight is 232 g/mol. The Balaban J connectivity index is 1.43. The van der Waals surface area contributed by atoms with Crippen molar-refractivity contribution in [1.29, 1.82) is 0 Å². The summed E-state index contributed by atoms with van der Waals surface area (Å²) >= 11 is 0. The van der Waals surface area contributed by atoms with Gasteiger partial charge in [-0.05, 0) is 30.4 Å². The van der Waals surface area contributed by atoms with Crippen LogP contribution in [0.3, 0.4) is 0 Å². The van der Waals surface area contributed by atoms with Gasteiger partial charge in [-0.1, -0.05) is 18.2 Å². The van der Waals surface area contributed by atoms with Gasteiger partial charge in [0.05, 0.1) is 6.61 Å². The van der Waals surface area contributed by atoms with E-state index < -0.39 is 0 Å². The smallest absolute Gasteiger partial charge is 0.0507 e. The average Bonchev–Trinajstić information content (AvgIpc) is 2.96. The van der Waals surface area contributed by atoms with Crippen LogP contribution in [-0.2, 0) is 11.2 Å². The largest absolute Gasteiger partial charge is 0.381 e. The Morgan fingerprint density at radius 1 is 1.29 bits per heavy atom. The van der Waals surface area contributed by atoms with Crippen LogP contribution in [0.15, 0.2) is 24.3 Å². The van der Waals surface area contributed by atoms with E-state index in [0.29, 0.717) is 6.04 Å². The molecule has 92 valence electrons. The summed E-state index contributed by atoms with van der Waals surface area (Å²) in [4.78, 5) is 0. The lowest BCUT2D eigenvalue weighted by atomic mass is 10.1. The van der Waals surface area contributed by atoms with Crippen LogP contribution in [0.4, 0.5) is 5.69 Å². The molecule has 0 spiro atoms. The summed E-state index contributed by atoms with van der Waals surface area (Å²) < 4.78 is 5.37. The standard InChI is InChI=1S/C14H20N2O/c1-2-4-14-12(3-1)7-13(16-14)9-15-8-11-5-6-17-10-11/h1-4,11,13,15-16H,5-10H2. The van der Waals surface area contributed by atoms with E-state index >= 15 is 0 Å². The molecule has 1 aromatic carbocycles. The predicted octanol–water partition coefficient (Wildman–Crippen LogP) is 1.65. The van der Waals surface area contributed by atoms with Crippen molar-refractivity contribution in [2.24, 2.45) is 5.92 Å². The van der Waals surface area contributed by atoms with Gasteiger partial charge in [-0.3, -0.25) is 0 Å². The summed E-state index contributed by atoms with van der Waals surface area (Å²) in [7, 11) is 0. The lowest BCUT2D eigenvalue weighted by Gasteiger charge is -2.14. The van der Waals surface area contributed by atoms with Gasteiger partial charge in [-0.15, -0.1) is 0 Å². The fourth-order valence-electron chi connectivity index (χ4n) is 2.70. The van der Waals surface area contributed by atoms with Crippen LogP contribution < -0.4 is 10.6 Å². The van der Waals surface area contributed by atoms with E-state index in [2.05, 4.69) is 34.9 Å². The molecule has 1 fully saturated rings. The maximum atomic E-state index is 5.37. The fourth-order valence-corrected chi connectivity index (χ4v) is 2.70. The third-order valence-electron chi connectivity index (χ3n) is 3.69. The number of anilines is 1. The number of hydrogen-bond donors (Lipinski definition) is 2. The van der Waals surface area contributed by atoms with E-state index in [9.17, 15) is 0 Å². The zero-order chi connectivity index (χ0) is 11.5. The second kappa shape index (κ2) is 5.07. The first-order chi connectivity index (χ1) is 8.42. The topological polar surface area (TPSA) is 33.3 Å². The minimum absolute atomic E-state index is 0.551. The molecule has 2 atom stereocenters. The Hall–Kier alpha value is -1.06. The maximum Gasteiger partial charge on any atom is 0.0507 e. The zero-order valence-corrected chi connectivity index (χ0v) is 10.1. The van der Waals surface area contributed by atoms with Crippen LogP contribution in [0.1, 0.15) is 12.0 Å². The van der Waals surface area contributed by atoms with Crippen molar-refractivity contribution in [3.05, 3.63) is 29.8 Å². The fraction of sp³-hybridized carbons (Fsp3) is 0.571. The summed E-state index contributed by atoms with van der Waals surface area (Å²) in [6.45, 7) is 4.02.